The SMILES string of the molecule is COc1ccc2nc(-c3ccc(NC(C)=O)c(N=O)c3)sc2c1. The monoisotopic (exact) mass is 327 g/mol. The summed E-state index contributed by atoms with van der Waals surface area (Å²) in [4.78, 5) is 26.7. The van der Waals surface area contributed by atoms with Gasteiger partial charge in [0.25, 0.3) is 0 Å². The van der Waals surface area contributed by atoms with Crippen LogP contribution in [0.25, 0.3) is 20.8 Å². The van der Waals surface area contributed by atoms with E-state index in [0.717, 1.165) is 26.5 Å². The molecule has 6 nitrogen and oxygen atoms in total. The summed E-state index contributed by atoms with van der Waals surface area (Å²) in [7, 11) is 1.62. The minimum absolute atomic E-state index is 0.175. The summed E-state index contributed by atoms with van der Waals surface area (Å²) in [5.41, 5.74) is 2.19. The standard InChI is InChI=1S/C16H13N3O3S/c1-9(20)17-12-5-3-10(7-14(12)19-21)16-18-13-6-4-11(22-2)8-15(13)23-16/h3-8H,1-2H3,(H,17,20). The third-order valence-electron chi connectivity index (χ3n) is 3.25. The van der Waals surface area contributed by atoms with Crippen molar-refractivity contribution in [2.75, 3.05) is 12.4 Å². The molecule has 0 unspecified atom stereocenters. The second kappa shape index (κ2) is 6.13. The summed E-state index contributed by atoms with van der Waals surface area (Å²) in [6, 6.07) is 10.7. The molecule has 0 spiro atoms. The smallest absolute Gasteiger partial charge is 0.221 e. The summed E-state index contributed by atoms with van der Waals surface area (Å²) in [6.07, 6.45) is 0. The maximum Gasteiger partial charge on any atom is 0.221 e. The number of carbonyl (C=O) groups is 1. The van der Waals surface area contributed by atoms with Crippen molar-refractivity contribution in [1.29, 1.82) is 0 Å². The molecule has 0 radical (unpaired) electrons. The summed E-state index contributed by atoms with van der Waals surface area (Å²) in [5, 5.41) is 6.33. The molecule has 116 valence electrons. The van der Waals surface area contributed by atoms with Crippen LogP contribution in [0.1, 0.15) is 6.92 Å². The number of aromatic nitrogens is 1. The first-order valence-corrected chi connectivity index (χ1v) is 7.62. The third kappa shape index (κ3) is 3.04. The van der Waals surface area contributed by atoms with Gasteiger partial charge in [0.05, 0.1) is 23.0 Å². The van der Waals surface area contributed by atoms with Crippen molar-refractivity contribution in [3.63, 3.8) is 0 Å². The van der Waals surface area contributed by atoms with E-state index in [2.05, 4.69) is 15.5 Å². The summed E-state index contributed by atoms with van der Waals surface area (Å²) in [5.74, 6) is 0.513. The van der Waals surface area contributed by atoms with Gasteiger partial charge < -0.3 is 10.1 Å². The van der Waals surface area contributed by atoms with Gasteiger partial charge in [-0.15, -0.1) is 16.2 Å². The average molecular weight is 327 g/mol. The first kappa shape index (κ1) is 15.1. The molecule has 0 aliphatic heterocycles. The number of hydrogen-bond donors (Lipinski definition) is 1. The summed E-state index contributed by atoms with van der Waals surface area (Å²) in [6.45, 7) is 1.38. The van der Waals surface area contributed by atoms with Gasteiger partial charge in [-0.2, -0.15) is 0 Å². The van der Waals surface area contributed by atoms with Crippen LogP contribution in [0, 0.1) is 4.91 Å². The molecule has 0 saturated heterocycles. The van der Waals surface area contributed by atoms with Gasteiger partial charge in [0.1, 0.15) is 16.4 Å². The molecule has 1 amide bonds. The average Bonchev–Trinajstić information content (AvgIpc) is 2.97. The van der Waals surface area contributed by atoms with Crippen LogP contribution in [-0.4, -0.2) is 18.0 Å². The van der Waals surface area contributed by atoms with Crippen molar-refractivity contribution in [2.24, 2.45) is 5.18 Å². The number of rotatable bonds is 4. The van der Waals surface area contributed by atoms with Gasteiger partial charge in [0.15, 0.2) is 0 Å². The maximum atomic E-state index is 11.1. The number of methoxy groups -OCH3 is 1. The lowest BCUT2D eigenvalue weighted by atomic mass is 10.2. The predicted molar refractivity (Wildman–Crippen MR) is 91.4 cm³/mol. The number of nitrogens with one attached hydrogen (secondary N) is 1. The lowest BCUT2D eigenvalue weighted by molar-refractivity contribution is -0.114. The highest BCUT2D eigenvalue weighted by Crippen LogP contribution is 2.36. The lowest BCUT2D eigenvalue weighted by Crippen LogP contribution is -2.05. The van der Waals surface area contributed by atoms with E-state index >= 15 is 0 Å². The Morgan fingerprint density at radius 2 is 2.09 bits per heavy atom. The molecule has 1 aromatic heterocycles. The van der Waals surface area contributed by atoms with Crippen molar-refractivity contribution < 1.29 is 9.53 Å². The van der Waals surface area contributed by atoms with Crippen molar-refractivity contribution in [3.8, 4) is 16.3 Å². The highest BCUT2D eigenvalue weighted by atomic mass is 32.1. The molecule has 0 aliphatic carbocycles. The Labute approximate surface area is 136 Å². The normalized spacial score (nSPS) is 10.5. The van der Waals surface area contributed by atoms with E-state index in [0.29, 0.717) is 5.69 Å². The number of amides is 1. The van der Waals surface area contributed by atoms with Gasteiger partial charge in [-0.1, -0.05) is 0 Å². The number of fused-ring (bicyclic) bond motifs is 1. The van der Waals surface area contributed by atoms with Crippen molar-refractivity contribution in [3.05, 3.63) is 41.3 Å². The van der Waals surface area contributed by atoms with Crippen LogP contribution in [0.4, 0.5) is 11.4 Å². The van der Waals surface area contributed by atoms with E-state index < -0.39 is 0 Å². The van der Waals surface area contributed by atoms with Gasteiger partial charge in [-0.3, -0.25) is 4.79 Å². The number of nitroso groups, excluding NO2 is 1. The number of anilines is 1. The third-order valence-corrected chi connectivity index (χ3v) is 4.32. The van der Waals surface area contributed by atoms with E-state index in [1.54, 1.807) is 25.3 Å². The van der Waals surface area contributed by atoms with Crippen molar-refractivity contribution in [2.45, 2.75) is 6.92 Å². The maximum absolute atomic E-state index is 11.1. The zero-order chi connectivity index (χ0) is 16.4. The van der Waals surface area contributed by atoms with E-state index in [1.807, 2.05) is 18.2 Å². The van der Waals surface area contributed by atoms with Gasteiger partial charge in [-0.05, 0) is 41.6 Å². The number of thiazole rings is 1. The number of ether oxygens (including phenoxy) is 1. The molecule has 0 fully saturated rings. The van der Waals surface area contributed by atoms with E-state index in [9.17, 15) is 9.70 Å². The second-order valence-corrected chi connectivity index (χ2v) is 5.89. The van der Waals surface area contributed by atoms with Crippen LogP contribution in [0.15, 0.2) is 41.6 Å². The Balaban J connectivity index is 2.04. The topological polar surface area (TPSA) is 80.7 Å². The molecule has 1 heterocycles. The number of nitrogens with zero attached hydrogens (tertiary/aromatic N) is 2. The predicted octanol–water partition coefficient (Wildman–Crippen LogP) is 4.33. The Bertz CT molecular complexity index is 905. The molecule has 3 aromatic rings. The second-order valence-electron chi connectivity index (χ2n) is 4.86. The Morgan fingerprint density at radius 1 is 1.26 bits per heavy atom. The number of carbonyl (C=O) groups excluding carboxylic acids is 1. The van der Waals surface area contributed by atoms with Gasteiger partial charge >= 0.3 is 0 Å². The molecule has 0 atom stereocenters. The van der Waals surface area contributed by atoms with Crippen molar-refractivity contribution >= 4 is 38.8 Å². The van der Waals surface area contributed by atoms with Crippen LogP contribution >= 0.6 is 11.3 Å². The molecule has 0 aliphatic rings. The van der Waals surface area contributed by atoms with Gasteiger partial charge in [0, 0.05) is 12.5 Å². The molecule has 7 heteroatoms. The van der Waals surface area contributed by atoms with E-state index in [4.69, 9.17) is 4.74 Å². The fourth-order valence-corrected chi connectivity index (χ4v) is 3.18. The molecule has 23 heavy (non-hydrogen) atoms. The highest BCUT2D eigenvalue weighted by molar-refractivity contribution is 7.21. The summed E-state index contributed by atoms with van der Waals surface area (Å²) < 4.78 is 6.20. The quantitative estimate of drug-likeness (QED) is 0.723. The lowest BCUT2D eigenvalue weighted by Gasteiger charge is -2.05. The minimum Gasteiger partial charge on any atom is -0.497 e. The van der Waals surface area contributed by atoms with Crippen molar-refractivity contribution in [1.82, 2.24) is 4.98 Å². The van der Waals surface area contributed by atoms with Gasteiger partial charge in [0.2, 0.25) is 5.91 Å². The van der Waals surface area contributed by atoms with Crippen LogP contribution in [0.5, 0.6) is 5.75 Å². The Morgan fingerprint density at radius 3 is 2.78 bits per heavy atom. The van der Waals surface area contributed by atoms with Crippen LogP contribution in [-0.2, 0) is 4.79 Å². The van der Waals surface area contributed by atoms with E-state index in [-0.39, 0.29) is 11.6 Å². The van der Waals surface area contributed by atoms with E-state index in [1.165, 1.54) is 18.3 Å². The zero-order valence-corrected chi connectivity index (χ0v) is 13.3. The minimum atomic E-state index is -0.255. The fourth-order valence-electron chi connectivity index (χ4n) is 2.19. The molecular weight excluding hydrogens is 314 g/mol. The first-order valence-electron chi connectivity index (χ1n) is 6.80. The molecule has 0 saturated carbocycles. The number of benzene rings is 2. The molecule has 2 aromatic carbocycles. The molecule has 3 rings (SSSR count). The number of hydrogen-bond acceptors (Lipinski definition) is 6. The summed E-state index contributed by atoms with van der Waals surface area (Å²) >= 11 is 1.50. The molecule has 1 N–H and O–H groups in total. The Kier molecular flexibility index (Phi) is 4.03. The highest BCUT2D eigenvalue weighted by Gasteiger charge is 2.11. The zero-order valence-electron chi connectivity index (χ0n) is 12.5. The fraction of sp³-hybridized carbons (Fsp3) is 0.125. The van der Waals surface area contributed by atoms with Crippen LogP contribution < -0.4 is 10.1 Å². The van der Waals surface area contributed by atoms with Gasteiger partial charge in [-0.25, -0.2) is 4.98 Å². The molecule has 0 bridgehead atoms. The Hall–Kier alpha value is -2.80. The van der Waals surface area contributed by atoms with Crippen LogP contribution in [0.2, 0.25) is 0 Å². The van der Waals surface area contributed by atoms with Crippen LogP contribution in [0.3, 0.4) is 0 Å². The first-order chi connectivity index (χ1) is 11.1. The largest absolute Gasteiger partial charge is 0.497 e. The molecular formula is C16H13N3O3S.